The summed E-state index contributed by atoms with van der Waals surface area (Å²) in [6.07, 6.45) is 1.36. The normalized spacial score (nSPS) is 15.9. The van der Waals surface area contributed by atoms with Crippen LogP contribution in [0.2, 0.25) is 10.0 Å². The number of halogens is 2. The molecule has 0 saturated carbocycles. The molecular weight excluding hydrogens is 313 g/mol. The summed E-state index contributed by atoms with van der Waals surface area (Å²) in [4.78, 5) is 25.7. The molecule has 1 amide bonds. The lowest BCUT2D eigenvalue weighted by Crippen LogP contribution is -2.40. The fourth-order valence-corrected chi connectivity index (χ4v) is 3.04. The summed E-state index contributed by atoms with van der Waals surface area (Å²) in [5.41, 5.74) is 0.285. The smallest absolute Gasteiger partial charge is 0.259 e. The summed E-state index contributed by atoms with van der Waals surface area (Å²) in [5.74, 6) is 0.315. The lowest BCUT2D eigenvalue weighted by Gasteiger charge is -2.31. The van der Waals surface area contributed by atoms with Crippen LogP contribution in [0.5, 0.6) is 5.75 Å². The Labute approximate surface area is 134 Å². The van der Waals surface area contributed by atoms with Crippen LogP contribution in [-0.2, 0) is 4.79 Å². The summed E-state index contributed by atoms with van der Waals surface area (Å²) in [6.45, 7) is 2.67. The van der Waals surface area contributed by atoms with Crippen LogP contribution in [0.15, 0.2) is 12.1 Å². The van der Waals surface area contributed by atoms with Gasteiger partial charge >= 0.3 is 0 Å². The van der Waals surface area contributed by atoms with Gasteiger partial charge in [0.25, 0.3) is 5.91 Å². The first-order chi connectivity index (χ1) is 9.95. The van der Waals surface area contributed by atoms with E-state index in [1.54, 1.807) is 24.0 Å². The number of ketones is 1. The Morgan fingerprint density at radius 1 is 1.19 bits per heavy atom. The third kappa shape index (κ3) is 3.33. The maximum Gasteiger partial charge on any atom is 0.259 e. The molecule has 2 rings (SSSR count). The molecule has 6 heteroatoms. The van der Waals surface area contributed by atoms with E-state index in [2.05, 4.69) is 0 Å². The molecule has 1 aromatic carbocycles. The Kier molecular flexibility index (Phi) is 5.12. The lowest BCUT2D eigenvalue weighted by molar-refractivity contribution is -0.121. The molecule has 0 radical (unpaired) electrons. The fraction of sp³-hybridized carbons (Fsp3) is 0.467. The average molecular weight is 330 g/mol. The molecule has 1 aromatic rings. The van der Waals surface area contributed by atoms with Gasteiger partial charge in [-0.3, -0.25) is 9.59 Å². The SMILES string of the molecule is COc1c(Cl)ccc(Cl)c1C(=O)N1CCC(C(C)=O)CC1. The first kappa shape index (κ1) is 16.1. The van der Waals surface area contributed by atoms with Crippen molar-refractivity contribution in [1.82, 2.24) is 4.90 Å². The number of hydrogen-bond acceptors (Lipinski definition) is 3. The van der Waals surface area contributed by atoms with Gasteiger partial charge in [-0.05, 0) is 31.9 Å². The van der Waals surface area contributed by atoms with Gasteiger partial charge in [0.2, 0.25) is 0 Å². The minimum Gasteiger partial charge on any atom is -0.494 e. The number of piperidine rings is 1. The number of hydrogen-bond donors (Lipinski definition) is 0. The van der Waals surface area contributed by atoms with Crippen LogP contribution in [-0.4, -0.2) is 36.8 Å². The van der Waals surface area contributed by atoms with Crippen molar-refractivity contribution < 1.29 is 14.3 Å². The number of benzene rings is 1. The molecule has 1 heterocycles. The van der Waals surface area contributed by atoms with Crippen LogP contribution in [0.1, 0.15) is 30.1 Å². The first-order valence-electron chi connectivity index (χ1n) is 6.77. The van der Waals surface area contributed by atoms with E-state index >= 15 is 0 Å². The number of nitrogens with zero attached hydrogens (tertiary/aromatic N) is 1. The summed E-state index contributed by atoms with van der Waals surface area (Å²) >= 11 is 12.2. The van der Waals surface area contributed by atoms with E-state index < -0.39 is 0 Å². The second-order valence-electron chi connectivity index (χ2n) is 5.11. The summed E-state index contributed by atoms with van der Waals surface area (Å²) in [7, 11) is 1.45. The number of Topliss-reactive ketones (excluding diaryl/α,β-unsaturated/α-hetero) is 1. The number of ether oxygens (including phenoxy) is 1. The molecule has 1 fully saturated rings. The van der Waals surface area contributed by atoms with Crippen molar-refractivity contribution in [2.24, 2.45) is 5.92 Å². The minimum atomic E-state index is -0.207. The van der Waals surface area contributed by atoms with Crippen molar-refractivity contribution in [3.8, 4) is 5.75 Å². The lowest BCUT2D eigenvalue weighted by atomic mass is 9.93. The molecule has 1 aliphatic heterocycles. The Balaban J connectivity index is 2.22. The van der Waals surface area contributed by atoms with Crippen molar-refractivity contribution in [3.05, 3.63) is 27.7 Å². The van der Waals surface area contributed by atoms with Gasteiger partial charge in [0.1, 0.15) is 11.3 Å². The van der Waals surface area contributed by atoms with Crippen molar-refractivity contribution in [2.75, 3.05) is 20.2 Å². The standard InChI is InChI=1S/C15H17Cl2NO3/c1-9(19)10-5-7-18(8-6-10)15(20)13-11(16)3-4-12(17)14(13)21-2/h3-4,10H,5-8H2,1-2H3. The number of amides is 1. The number of carbonyl (C=O) groups is 2. The first-order valence-corrected chi connectivity index (χ1v) is 7.53. The van der Waals surface area contributed by atoms with E-state index in [1.807, 2.05) is 0 Å². The minimum absolute atomic E-state index is 0.0470. The quantitative estimate of drug-likeness (QED) is 0.853. The van der Waals surface area contributed by atoms with Gasteiger partial charge in [-0.25, -0.2) is 0 Å². The van der Waals surface area contributed by atoms with Crippen molar-refractivity contribution in [1.29, 1.82) is 0 Å². The molecule has 0 N–H and O–H groups in total. The number of carbonyl (C=O) groups excluding carboxylic acids is 2. The van der Waals surface area contributed by atoms with Crippen LogP contribution >= 0.6 is 23.2 Å². The zero-order chi connectivity index (χ0) is 15.6. The summed E-state index contributed by atoms with van der Waals surface area (Å²) in [5, 5.41) is 0.666. The van der Waals surface area contributed by atoms with Crippen LogP contribution < -0.4 is 4.74 Å². The second-order valence-corrected chi connectivity index (χ2v) is 5.93. The molecule has 0 unspecified atom stereocenters. The van der Waals surface area contributed by atoms with Gasteiger partial charge in [-0.1, -0.05) is 23.2 Å². The van der Waals surface area contributed by atoms with Gasteiger partial charge < -0.3 is 9.64 Å². The monoisotopic (exact) mass is 329 g/mol. The highest BCUT2D eigenvalue weighted by Crippen LogP contribution is 2.35. The number of methoxy groups -OCH3 is 1. The Bertz CT molecular complexity index is 566. The predicted octanol–water partition coefficient (Wildman–Crippen LogP) is 3.44. The van der Waals surface area contributed by atoms with Gasteiger partial charge in [0.05, 0.1) is 17.2 Å². The van der Waals surface area contributed by atoms with E-state index in [1.165, 1.54) is 7.11 Å². The molecule has 1 aliphatic rings. The van der Waals surface area contributed by atoms with E-state index in [-0.39, 0.29) is 23.2 Å². The summed E-state index contributed by atoms with van der Waals surface area (Å²) in [6, 6.07) is 3.18. The largest absolute Gasteiger partial charge is 0.494 e. The van der Waals surface area contributed by atoms with Gasteiger partial charge in [-0.15, -0.1) is 0 Å². The van der Waals surface area contributed by atoms with Gasteiger partial charge in [-0.2, -0.15) is 0 Å². The highest BCUT2D eigenvalue weighted by molar-refractivity contribution is 6.37. The zero-order valence-electron chi connectivity index (χ0n) is 12.0. The number of likely N-dealkylation sites (tertiary alicyclic amines) is 1. The van der Waals surface area contributed by atoms with Gasteiger partial charge in [0.15, 0.2) is 5.75 Å². The Morgan fingerprint density at radius 2 is 1.76 bits per heavy atom. The Hall–Kier alpha value is -1.26. The highest BCUT2D eigenvalue weighted by Gasteiger charge is 2.29. The van der Waals surface area contributed by atoms with E-state index in [9.17, 15) is 9.59 Å². The van der Waals surface area contributed by atoms with Crippen molar-refractivity contribution >= 4 is 34.9 Å². The van der Waals surface area contributed by atoms with Crippen molar-refractivity contribution in [3.63, 3.8) is 0 Å². The molecule has 1 saturated heterocycles. The predicted molar refractivity (Wildman–Crippen MR) is 82.3 cm³/mol. The van der Waals surface area contributed by atoms with E-state index in [0.717, 1.165) is 0 Å². The van der Waals surface area contributed by atoms with Crippen LogP contribution in [0.25, 0.3) is 0 Å². The number of rotatable bonds is 3. The molecule has 0 bridgehead atoms. The molecule has 0 spiro atoms. The summed E-state index contributed by atoms with van der Waals surface area (Å²) < 4.78 is 5.21. The van der Waals surface area contributed by atoms with E-state index in [4.69, 9.17) is 27.9 Å². The fourth-order valence-electron chi connectivity index (χ4n) is 2.58. The maximum atomic E-state index is 12.6. The van der Waals surface area contributed by atoms with E-state index in [0.29, 0.717) is 41.7 Å². The molecule has 0 atom stereocenters. The molecule has 4 nitrogen and oxygen atoms in total. The molecule has 21 heavy (non-hydrogen) atoms. The highest BCUT2D eigenvalue weighted by atomic mass is 35.5. The maximum absolute atomic E-state index is 12.6. The molecular formula is C15H17Cl2NO3. The third-order valence-corrected chi connectivity index (χ3v) is 4.45. The topological polar surface area (TPSA) is 46.6 Å². The molecule has 0 aromatic heterocycles. The third-order valence-electron chi connectivity index (χ3n) is 3.83. The molecule has 0 aliphatic carbocycles. The van der Waals surface area contributed by atoms with Gasteiger partial charge in [0, 0.05) is 19.0 Å². The van der Waals surface area contributed by atoms with Crippen LogP contribution in [0.3, 0.4) is 0 Å². The molecule has 114 valence electrons. The zero-order valence-corrected chi connectivity index (χ0v) is 13.5. The second kappa shape index (κ2) is 6.67. The van der Waals surface area contributed by atoms with Crippen molar-refractivity contribution in [2.45, 2.75) is 19.8 Å². The van der Waals surface area contributed by atoms with Crippen LogP contribution in [0.4, 0.5) is 0 Å². The Morgan fingerprint density at radius 3 is 2.29 bits per heavy atom. The van der Waals surface area contributed by atoms with Crippen LogP contribution in [0, 0.1) is 5.92 Å². The average Bonchev–Trinajstić information content (AvgIpc) is 2.48.